The molecule has 1 heterocycles. The van der Waals surface area contributed by atoms with Gasteiger partial charge in [0.05, 0.1) is 18.7 Å². The number of ether oxygens (including phenoxy) is 3. The zero-order chi connectivity index (χ0) is 28.6. The number of nitrogens with zero attached hydrogens (tertiary/aromatic N) is 1. The van der Waals surface area contributed by atoms with Gasteiger partial charge in [-0.1, -0.05) is 42.5 Å². The Morgan fingerprint density at radius 3 is 2.15 bits per heavy atom. The zero-order valence-corrected chi connectivity index (χ0v) is 23.1. The summed E-state index contributed by atoms with van der Waals surface area (Å²) in [5, 5.41) is 5.75. The predicted molar refractivity (Wildman–Crippen MR) is 144 cm³/mol. The van der Waals surface area contributed by atoms with Gasteiger partial charge >= 0.3 is 18.2 Å². The van der Waals surface area contributed by atoms with Crippen LogP contribution in [0.5, 0.6) is 0 Å². The molecule has 1 aliphatic heterocycles. The third-order valence-electron chi connectivity index (χ3n) is 6.43. The third-order valence-corrected chi connectivity index (χ3v) is 6.43. The van der Waals surface area contributed by atoms with E-state index in [1.165, 1.54) is 12.0 Å². The highest BCUT2D eigenvalue weighted by Gasteiger charge is 2.45. The van der Waals surface area contributed by atoms with Gasteiger partial charge in [0.2, 0.25) is 5.91 Å². The van der Waals surface area contributed by atoms with Gasteiger partial charge in [0.1, 0.15) is 17.7 Å². The molecule has 0 bridgehead atoms. The van der Waals surface area contributed by atoms with E-state index in [4.69, 9.17) is 14.2 Å². The van der Waals surface area contributed by atoms with Gasteiger partial charge in [-0.2, -0.15) is 0 Å². The van der Waals surface area contributed by atoms with Crippen LogP contribution in [-0.4, -0.2) is 60.3 Å². The van der Waals surface area contributed by atoms with Crippen LogP contribution >= 0.6 is 0 Å². The van der Waals surface area contributed by atoms with E-state index in [9.17, 15) is 19.2 Å². The van der Waals surface area contributed by atoms with Gasteiger partial charge in [-0.15, -0.1) is 0 Å². The van der Waals surface area contributed by atoms with Crippen LogP contribution in [0, 0.1) is 0 Å². The number of hydrogen-bond donors (Lipinski definition) is 2. The molecular formula is C29H37N3O7. The molecule has 3 amide bonds. The summed E-state index contributed by atoms with van der Waals surface area (Å²) < 4.78 is 15.6. The molecule has 2 aromatic carbocycles. The molecule has 0 spiro atoms. The van der Waals surface area contributed by atoms with Crippen molar-refractivity contribution in [3.8, 4) is 0 Å². The summed E-state index contributed by atoms with van der Waals surface area (Å²) in [6.07, 6.45) is -0.851. The summed E-state index contributed by atoms with van der Waals surface area (Å²) in [4.78, 5) is 52.3. The molecule has 2 N–H and O–H groups in total. The molecule has 10 nitrogen and oxygen atoms in total. The van der Waals surface area contributed by atoms with Crippen molar-refractivity contribution in [2.75, 3.05) is 20.2 Å². The average molecular weight is 540 g/mol. The molecule has 39 heavy (non-hydrogen) atoms. The van der Waals surface area contributed by atoms with E-state index in [1.807, 2.05) is 37.3 Å². The molecule has 10 heteroatoms. The number of nitrogens with one attached hydrogen (secondary N) is 2. The normalized spacial score (nSPS) is 15.5. The molecule has 2 aromatic rings. The van der Waals surface area contributed by atoms with Crippen molar-refractivity contribution in [1.29, 1.82) is 0 Å². The predicted octanol–water partition coefficient (Wildman–Crippen LogP) is 4.35. The Morgan fingerprint density at radius 2 is 1.59 bits per heavy atom. The van der Waals surface area contributed by atoms with Crippen LogP contribution < -0.4 is 10.6 Å². The topological polar surface area (TPSA) is 123 Å². The summed E-state index contributed by atoms with van der Waals surface area (Å²) >= 11 is 0. The van der Waals surface area contributed by atoms with E-state index in [1.54, 1.807) is 45.0 Å². The first-order valence-electron chi connectivity index (χ1n) is 12.9. The van der Waals surface area contributed by atoms with Gasteiger partial charge in [0.15, 0.2) is 0 Å². The Kier molecular flexibility index (Phi) is 9.56. The summed E-state index contributed by atoms with van der Waals surface area (Å²) in [6.45, 7) is 7.59. The number of likely N-dealkylation sites (tertiary alicyclic amines) is 1. The van der Waals surface area contributed by atoms with E-state index in [-0.39, 0.29) is 32.5 Å². The minimum absolute atomic E-state index is 0.143. The number of piperidine rings is 1. The SMILES string of the molecule is COC(=O)c1ccc(C(C)NC(=O)C2(NC(=O)OC(C)(C)C)CCN(C(=O)OCc3ccccc3)CC2)cc1. The minimum Gasteiger partial charge on any atom is -0.465 e. The van der Waals surface area contributed by atoms with Crippen LogP contribution in [0.25, 0.3) is 0 Å². The second kappa shape index (κ2) is 12.6. The van der Waals surface area contributed by atoms with Crippen molar-refractivity contribution >= 4 is 24.1 Å². The first-order valence-corrected chi connectivity index (χ1v) is 12.9. The molecule has 0 radical (unpaired) electrons. The zero-order valence-electron chi connectivity index (χ0n) is 23.1. The van der Waals surface area contributed by atoms with Crippen LogP contribution in [0.2, 0.25) is 0 Å². The van der Waals surface area contributed by atoms with Crippen LogP contribution in [0.1, 0.15) is 68.1 Å². The fraction of sp³-hybridized carbons (Fsp3) is 0.448. The minimum atomic E-state index is -1.29. The number of alkyl carbamates (subject to hydrolysis) is 1. The number of carbonyl (C=O) groups is 4. The summed E-state index contributed by atoms with van der Waals surface area (Å²) in [7, 11) is 1.31. The maximum Gasteiger partial charge on any atom is 0.410 e. The Bertz CT molecular complexity index is 1150. The van der Waals surface area contributed by atoms with Crippen LogP contribution in [-0.2, 0) is 25.6 Å². The Morgan fingerprint density at radius 1 is 0.974 bits per heavy atom. The van der Waals surface area contributed by atoms with Crippen LogP contribution in [0.15, 0.2) is 54.6 Å². The molecule has 1 atom stereocenters. The van der Waals surface area contributed by atoms with Gasteiger partial charge in [-0.05, 0) is 63.8 Å². The second-order valence-electron chi connectivity index (χ2n) is 10.5. The van der Waals surface area contributed by atoms with E-state index >= 15 is 0 Å². The standard InChI is InChI=1S/C29H37N3O7/c1-20(22-11-13-23(14-12-22)24(33)37-5)30-25(34)29(31-26(35)39-28(2,3)4)15-17-32(18-16-29)27(36)38-19-21-9-7-6-8-10-21/h6-14,20H,15-19H2,1-5H3,(H,30,34)(H,31,35). The van der Waals surface area contributed by atoms with E-state index in [2.05, 4.69) is 10.6 Å². The summed E-state index contributed by atoms with van der Waals surface area (Å²) in [5.41, 5.74) is -0.00609. The fourth-order valence-electron chi connectivity index (χ4n) is 4.23. The highest BCUT2D eigenvalue weighted by Crippen LogP contribution is 2.26. The van der Waals surface area contributed by atoms with Crippen LogP contribution in [0.4, 0.5) is 9.59 Å². The summed E-state index contributed by atoms with van der Waals surface area (Å²) in [6, 6.07) is 15.7. The van der Waals surface area contributed by atoms with Gasteiger partial charge in [-0.25, -0.2) is 14.4 Å². The number of amides is 3. The Balaban J connectivity index is 1.69. The smallest absolute Gasteiger partial charge is 0.410 e. The number of rotatable bonds is 7. The highest BCUT2D eigenvalue weighted by molar-refractivity contribution is 5.91. The van der Waals surface area contributed by atoms with Crippen molar-refractivity contribution in [3.05, 3.63) is 71.3 Å². The maximum absolute atomic E-state index is 13.6. The number of carbonyl (C=O) groups excluding carboxylic acids is 4. The van der Waals surface area contributed by atoms with Gasteiger partial charge < -0.3 is 29.7 Å². The van der Waals surface area contributed by atoms with E-state index in [0.717, 1.165) is 11.1 Å². The lowest BCUT2D eigenvalue weighted by Gasteiger charge is -2.41. The second-order valence-corrected chi connectivity index (χ2v) is 10.5. The first-order chi connectivity index (χ1) is 18.4. The molecular weight excluding hydrogens is 502 g/mol. The monoisotopic (exact) mass is 539 g/mol. The van der Waals surface area contributed by atoms with E-state index < -0.39 is 41.2 Å². The molecule has 1 aliphatic rings. The third kappa shape index (κ3) is 8.20. The molecule has 0 aliphatic carbocycles. The number of benzene rings is 2. The molecule has 1 saturated heterocycles. The molecule has 1 fully saturated rings. The van der Waals surface area contributed by atoms with Crippen molar-refractivity contribution in [2.45, 2.75) is 64.3 Å². The average Bonchev–Trinajstić information content (AvgIpc) is 2.91. The Hall–Kier alpha value is -4.08. The first kappa shape index (κ1) is 29.5. The van der Waals surface area contributed by atoms with Gasteiger partial charge in [0, 0.05) is 13.1 Å². The van der Waals surface area contributed by atoms with Crippen molar-refractivity contribution in [2.24, 2.45) is 0 Å². The highest BCUT2D eigenvalue weighted by atomic mass is 16.6. The van der Waals surface area contributed by atoms with Crippen LogP contribution in [0.3, 0.4) is 0 Å². The molecule has 1 unspecified atom stereocenters. The number of hydrogen-bond acceptors (Lipinski definition) is 7. The maximum atomic E-state index is 13.6. The number of methoxy groups -OCH3 is 1. The fourth-order valence-corrected chi connectivity index (χ4v) is 4.23. The van der Waals surface area contributed by atoms with Crippen molar-refractivity contribution in [3.63, 3.8) is 0 Å². The lowest BCUT2D eigenvalue weighted by atomic mass is 9.86. The summed E-state index contributed by atoms with van der Waals surface area (Å²) in [5.74, 6) is -0.844. The molecule has 0 aromatic heterocycles. The lowest BCUT2D eigenvalue weighted by molar-refractivity contribution is -0.130. The largest absolute Gasteiger partial charge is 0.465 e. The molecule has 3 rings (SSSR count). The van der Waals surface area contributed by atoms with Gasteiger partial charge in [0.25, 0.3) is 0 Å². The molecule has 210 valence electrons. The lowest BCUT2D eigenvalue weighted by Crippen LogP contribution is -2.64. The number of esters is 1. The van der Waals surface area contributed by atoms with Crippen molar-refractivity contribution in [1.82, 2.24) is 15.5 Å². The quantitative estimate of drug-likeness (QED) is 0.396. The molecule has 0 saturated carbocycles. The van der Waals surface area contributed by atoms with Gasteiger partial charge in [-0.3, -0.25) is 4.79 Å². The Labute approximate surface area is 229 Å². The van der Waals surface area contributed by atoms with Crippen molar-refractivity contribution < 1.29 is 33.4 Å². The van der Waals surface area contributed by atoms with E-state index in [0.29, 0.717) is 5.56 Å².